The molecule has 0 saturated carbocycles. The molecule has 24 heavy (non-hydrogen) atoms. The van der Waals surface area contributed by atoms with Gasteiger partial charge >= 0.3 is 5.97 Å². The minimum atomic E-state index is -1.17. The number of amides is 1. The summed E-state index contributed by atoms with van der Waals surface area (Å²) in [7, 11) is 0. The molecule has 0 bridgehead atoms. The van der Waals surface area contributed by atoms with Gasteiger partial charge in [-0.3, -0.25) is 4.79 Å². The fourth-order valence-electron chi connectivity index (χ4n) is 1.80. The summed E-state index contributed by atoms with van der Waals surface area (Å²) in [6, 6.07) is 16.2. The lowest BCUT2D eigenvalue weighted by molar-refractivity contribution is -0.131. The van der Waals surface area contributed by atoms with Gasteiger partial charge in [0.2, 0.25) is 5.91 Å². The Balaban J connectivity index is 1.73. The zero-order chi connectivity index (χ0) is 17.2. The molecule has 0 atom stereocenters. The number of hydrogen-bond acceptors (Lipinski definition) is 4. The Morgan fingerprint density at radius 3 is 2.04 bits per heavy atom. The Labute approximate surface area is 139 Å². The lowest BCUT2D eigenvalue weighted by Gasteiger charge is -2.09. The number of carboxylic acids is 1. The molecule has 6 nitrogen and oxygen atoms in total. The Morgan fingerprint density at radius 2 is 1.46 bits per heavy atom. The fourth-order valence-corrected chi connectivity index (χ4v) is 1.80. The van der Waals surface area contributed by atoms with Crippen molar-refractivity contribution in [1.29, 1.82) is 0 Å². The second-order valence-electron chi connectivity index (χ2n) is 4.70. The van der Waals surface area contributed by atoms with Crippen molar-refractivity contribution >= 4 is 17.6 Å². The van der Waals surface area contributed by atoms with Crippen LogP contribution in [0.15, 0.2) is 66.7 Å². The lowest BCUT2D eigenvalue weighted by atomic mass is 10.3. The van der Waals surface area contributed by atoms with Gasteiger partial charge in [-0.2, -0.15) is 0 Å². The van der Waals surface area contributed by atoms with Gasteiger partial charge in [-0.25, -0.2) is 4.79 Å². The highest BCUT2D eigenvalue weighted by atomic mass is 16.5. The van der Waals surface area contributed by atoms with E-state index in [2.05, 4.69) is 5.32 Å². The zero-order valence-electron chi connectivity index (χ0n) is 12.8. The average Bonchev–Trinajstić information content (AvgIpc) is 2.59. The monoisotopic (exact) mass is 327 g/mol. The van der Waals surface area contributed by atoms with Crippen LogP contribution in [0.2, 0.25) is 0 Å². The maximum atomic E-state index is 11.4. The molecule has 0 aromatic heterocycles. The van der Waals surface area contributed by atoms with Crippen molar-refractivity contribution in [2.24, 2.45) is 0 Å². The molecule has 2 aromatic rings. The maximum absolute atomic E-state index is 11.4. The van der Waals surface area contributed by atoms with Crippen LogP contribution >= 0.6 is 0 Å². The summed E-state index contributed by atoms with van der Waals surface area (Å²) in [5.74, 6) is -0.256. The first-order valence-corrected chi connectivity index (χ1v) is 7.26. The number of carbonyl (C=O) groups is 2. The molecule has 0 spiro atoms. The molecule has 0 aliphatic heterocycles. The van der Waals surface area contributed by atoms with Gasteiger partial charge in [0, 0.05) is 17.8 Å². The zero-order valence-corrected chi connectivity index (χ0v) is 12.8. The van der Waals surface area contributed by atoms with Gasteiger partial charge in [0.1, 0.15) is 24.7 Å². The third-order valence-corrected chi connectivity index (χ3v) is 2.86. The smallest absolute Gasteiger partial charge is 0.328 e. The molecule has 2 rings (SSSR count). The predicted molar refractivity (Wildman–Crippen MR) is 89.3 cm³/mol. The second-order valence-corrected chi connectivity index (χ2v) is 4.70. The fraction of sp³-hybridized carbons (Fsp3) is 0.111. The van der Waals surface area contributed by atoms with Crippen molar-refractivity contribution in [2.45, 2.75) is 0 Å². The van der Waals surface area contributed by atoms with Crippen molar-refractivity contribution in [2.75, 3.05) is 18.5 Å². The summed E-state index contributed by atoms with van der Waals surface area (Å²) >= 11 is 0. The Morgan fingerprint density at radius 1 is 0.875 bits per heavy atom. The topological polar surface area (TPSA) is 84.9 Å². The molecule has 0 aliphatic rings. The van der Waals surface area contributed by atoms with E-state index in [9.17, 15) is 9.59 Å². The van der Waals surface area contributed by atoms with Gasteiger partial charge in [-0.1, -0.05) is 18.2 Å². The van der Waals surface area contributed by atoms with E-state index < -0.39 is 11.9 Å². The summed E-state index contributed by atoms with van der Waals surface area (Å²) in [6.07, 6.45) is 1.73. The first-order chi connectivity index (χ1) is 11.6. The van der Waals surface area contributed by atoms with E-state index in [-0.39, 0.29) is 0 Å². The normalized spacial score (nSPS) is 10.3. The molecular weight excluding hydrogens is 310 g/mol. The van der Waals surface area contributed by atoms with Crippen LogP contribution in [0.5, 0.6) is 11.5 Å². The van der Waals surface area contributed by atoms with Gasteiger partial charge < -0.3 is 19.9 Å². The highest BCUT2D eigenvalue weighted by molar-refractivity contribution is 6.02. The van der Waals surface area contributed by atoms with Crippen molar-refractivity contribution < 1.29 is 24.2 Å². The number of ether oxygens (including phenoxy) is 2. The number of para-hydroxylation sites is 1. The van der Waals surface area contributed by atoms with E-state index >= 15 is 0 Å². The first-order valence-electron chi connectivity index (χ1n) is 7.26. The van der Waals surface area contributed by atoms with Gasteiger partial charge in [0.15, 0.2) is 0 Å². The number of aliphatic carboxylic acids is 1. The van der Waals surface area contributed by atoms with E-state index in [1.807, 2.05) is 30.3 Å². The summed E-state index contributed by atoms with van der Waals surface area (Å²) < 4.78 is 11.0. The van der Waals surface area contributed by atoms with Crippen LogP contribution in [0, 0.1) is 0 Å². The van der Waals surface area contributed by atoms with Gasteiger partial charge in [0.25, 0.3) is 0 Å². The highest BCUT2D eigenvalue weighted by Crippen LogP contribution is 2.16. The minimum Gasteiger partial charge on any atom is -0.490 e. The number of rotatable bonds is 8. The van der Waals surface area contributed by atoms with E-state index in [4.69, 9.17) is 14.6 Å². The van der Waals surface area contributed by atoms with Gasteiger partial charge in [0.05, 0.1) is 0 Å². The number of benzene rings is 2. The van der Waals surface area contributed by atoms with E-state index in [1.165, 1.54) is 0 Å². The van der Waals surface area contributed by atoms with Crippen molar-refractivity contribution in [3.05, 3.63) is 66.7 Å². The molecule has 0 heterocycles. The number of carbonyl (C=O) groups excluding carboxylic acids is 1. The molecule has 0 saturated heterocycles. The van der Waals surface area contributed by atoms with E-state index in [1.54, 1.807) is 24.3 Å². The lowest BCUT2D eigenvalue weighted by Crippen LogP contribution is -2.10. The van der Waals surface area contributed by atoms with Crippen molar-refractivity contribution in [1.82, 2.24) is 0 Å². The number of hydrogen-bond donors (Lipinski definition) is 2. The van der Waals surface area contributed by atoms with E-state index in [0.29, 0.717) is 24.7 Å². The van der Waals surface area contributed by atoms with Gasteiger partial charge in [-0.05, 0) is 36.4 Å². The SMILES string of the molecule is O=C(O)C=CC(=O)Nc1ccc(OCCOc2ccccc2)cc1. The van der Waals surface area contributed by atoms with Crippen LogP contribution in [0.25, 0.3) is 0 Å². The molecule has 1 amide bonds. The van der Waals surface area contributed by atoms with Gasteiger partial charge in [-0.15, -0.1) is 0 Å². The third kappa shape index (κ3) is 6.23. The molecule has 0 fully saturated rings. The molecule has 0 unspecified atom stereocenters. The quantitative estimate of drug-likeness (QED) is 0.575. The largest absolute Gasteiger partial charge is 0.490 e. The van der Waals surface area contributed by atoms with E-state index in [0.717, 1.165) is 17.9 Å². The predicted octanol–water partition coefficient (Wildman–Crippen LogP) is 2.72. The number of nitrogens with one attached hydrogen (secondary N) is 1. The van der Waals surface area contributed by atoms with Crippen molar-refractivity contribution in [3.63, 3.8) is 0 Å². The Kier molecular flexibility index (Phi) is 6.40. The molecule has 6 heteroatoms. The molecule has 2 N–H and O–H groups in total. The Bertz CT molecular complexity index is 695. The summed E-state index contributed by atoms with van der Waals surface area (Å²) in [4.78, 5) is 21.8. The average molecular weight is 327 g/mol. The molecule has 0 radical (unpaired) electrons. The van der Waals surface area contributed by atoms with Crippen molar-refractivity contribution in [3.8, 4) is 11.5 Å². The van der Waals surface area contributed by atoms with Crippen LogP contribution < -0.4 is 14.8 Å². The summed E-state index contributed by atoms with van der Waals surface area (Å²) in [5, 5.41) is 11.0. The second kappa shape index (κ2) is 8.99. The van der Waals surface area contributed by atoms with Crippen LogP contribution in [0.1, 0.15) is 0 Å². The van der Waals surface area contributed by atoms with Crippen LogP contribution in [0.3, 0.4) is 0 Å². The highest BCUT2D eigenvalue weighted by Gasteiger charge is 2.00. The summed E-state index contributed by atoms with van der Waals surface area (Å²) in [5.41, 5.74) is 0.544. The molecular formula is C18H17NO5. The number of anilines is 1. The first kappa shape index (κ1) is 17.1. The standard InChI is InChI=1S/C18H17NO5/c20-17(10-11-18(21)22)19-14-6-8-16(9-7-14)24-13-12-23-15-4-2-1-3-5-15/h1-11H,12-13H2,(H,19,20)(H,21,22). The van der Waals surface area contributed by atoms with Crippen LogP contribution in [-0.4, -0.2) is 30.2 Å². The van der Waals surface area contributed by atoms with Crippen LogP contribution in [-0.2, 0) is 9.59 Å². The van der Waals surface area contributed by atoms with Crippen LogP contribution in [0.4, 0.5) is 5.69 Å². The third-order valence-electron chi connectivity index (χ3n) is 2.86. The molecule has 2 aromatic carbocycles. The maximum Gasteiger partial charge on any atom is 0.328 e. The Hall–Kier alpha value is -3.28. The summed E-state index contributed by atoms with van der Waals surface area (Å²) in [6.45, 7) is 0.810. The molecule has 124 valence electrons. The molecule has 0 aliphatic carbocycles. The number of carboxylic acid groups (broad SMARTS) is 1. The minimum absolute atomic E-state index is 0.391.